The molecule has 38 heavy (non-hydrogen) atoms. The summed E-state index contributed by atoms with van der Waals surface area (Å²) in [4.78, 5) is 27.8. The van der Waals surface area contributed by atoms with Gasteiger partial charge >= 0.3 is 0 Å². The molecular weight excluding hydrogens is 530 g/mol. The van der Waals surface area contributed by atoms with E-state index in [0.717, 1.165) is 18.2 Å². The first-order valence-corrected chi connectivity index (χ1v) is 14.7. The predicted octanol–water partition coefficient (Wildman–Crippen LogP) is 4.24. The van der Waals surface area contributed by atoms with E-state index >= 15 is 0 Å². The lowest BCUT2D eigenvalue weighted by atomic mass is 10.1. The molecule has 1 N–H and O–H groups in total. The van der Waals surface area contributed by atoms with Gasteiger partial charge in [0.2, 0.25) is 21.8 Å². The molecule has 0 bridgehead atoms. The van der Waals surface area contributed by atoms with Crippen molar-refractivity contribution in [2.75, 3.05) is 31.3 Å². The van der Waals surface area contributed by atoms with Gasteiger partial charge in [-0.15, -0.1) is 0 Å². The Hall–Kier alpha value is -2.98. The average molecular weight is 568 g/mol. The van der Waals surface area contributed by atoms with Gasteiger partial charge in [-0.25, -0.2) is 8.42 Å². The molecule has 2 atom stereocenters. The summed E-state index contributed by atoms with van der Waals surface area (Å²) in [7, 11) is -0.591. The molecule has 0 saturated heterocycles. The fourth-order valence-electron chi connectivity index (χ4n) is 3.79. The highest BCUT2D eigenvalue weighted by atomic mass is 35.5. The fraction of sp³-hybridized carbons (Fsp3) is 0.481. The number of carbonyl (C=O) groups excluding carboxylic acids is 2. The molecule has 0 aliphatic carbocycles. The summed E-state index contributed by atoms with van der Waals surface area (Å²) < 4.78 is 36.6. The van der Waals surface area contributed by atoms with Gasteiger partial charge in [0.15, 0.2) is 0 Å². The van der Waals surface area contributed by atoms with Gasteiger partial charge in [0, 0.05) is 25.6 Å². The van der Waals surface area contributed by atoms with Gasteiger partial charge in [-0.1, -0.05) is 30.7 Å². The first-order chi connectivity index (χ1) is 17.9. The zero-order valence-corrected chi connectivity index (χ0v) is 24.4. The number of hydrogen-bond donors (Lipinski definition) is 1. The second-order valence-corrected chi connectivity index (χ2v) is 11.4. The predicted molar refractivity (Wildman–Crippen MR) is 150 cm³/mol. The van der Waals surface area contributed by atoms with Crippen molar-refractivity contribution in [2.45, 2.75) is 58.7 Å². The van der Waals surface area contributed by atoms with E-state index in [0.29, 0.717) is 17.2 Å². The van der Waals surface area contributed by atoms with E-state index < -0.39 is 16.1 Å². The van der Waals surface area contributed by atoms with Gasteiger partial charge in [-0.2, -0.15) is 0 Å². The zero-order chi connectivity index (χ0) is 28.5. The van der Waals surface area contributed by atoms with Gasteiger partial charge in [0.05, 0.1) is 31.2 Å². The van der Waals surface area contributed by atoms with Crippen molar-refractivity contribution in [1.82, 2.24) is 10.2 Å². The molecule has 210 valence electrons. The van der Waals surface area contributed by atoms with Crippen molar-refractivity contribution in [3.63, 3.8) is 0 Å². The number of rotatable bonds is 14. The highest BCUT2D eigenvalue weighted by Gasteiger charge is 2.27. The van der Waals surface area contributed by atoms with Crippen molar-refractivity contribution >= 4 is 39.1 Å². The third-order valence-electron chi connectivity index (χ3n) is 6.26. The third-order valence-corrected chi connectivity index (χ3v) is 7.75. The summed E-state index contributed by atoms with van der Waals surface area (Å²) in [6.45, 7) is 5.87. The summed E-state index contributed by atoms with van der Waals surface area (Å²) in [5.41, 5.74) is 1.22. The maximum Gasteiger partial charge on any atom is 0.242 e. The van der Waals surface area contributed by atoms with E-state index in [4.69, 9.17) is 21.1 Å². The Morgan fingerprint density at radius 3 is 2.24 bits per heavy atom. The first kappa shape index (κ1) is 31.2. The van der Waals surface area contributed by atoms with E-state index in [1.54, 1.807) is 38.3 Å². The summed E-state index contributed by atoms with van der Waals surface area (Å²) in [6, 6.07) is 11.2. The normalized spacial score (nSPS) is 12.8. The Labute approximate surface area is 231 Å². The van der Waals surface area contributed by atoms with Crippen LogP contribution in [0.4, 0.5) is 5.69 Å². The van der Waals surface area contributed by atoms with E-state index in [9.17, 15) is 18.0 Å². The molecule has 0 heterocycles. The van der Waals surface area contributed by atoms with Crippen LogP contribution in [0.5, 0.6) is 11.5 Å². The molecule has 2 amide bonds. The van der Waals surface area contributed by atoms with Crippen molar-refractivity contribution in [2.24, 2.45) is 0 Å². The summed E-state index contributed by atoms with van der Waals surface area (Å²) in [6.07, 6.45) is 2.16. The van der Waals surface area contributed by atoms with Crippen LogP contribution >= 0.6 is 11.6 Å². The van der Waals surface area contributed by atoms with Crippen LogP contribution < -0.4 is 19.1 Å². The van der Waals surface area contributed by atoms with E-state index in [1.165, 1.54) is 22.4 Å². The molecule has 0 aliphatic rings. The number of anilines is 1. The van der Waals surface area contributed by atoms with Crippen LogP contribution in [0, 0.1) is 0 Å². The molecule has 0 aliphatic heterocycles. The summed E-state index contributed by atoms with van der Waals surface area (Å²) >= 11 is 6.20. The van der Waals surface area contributed by atoms with Crippen LogP contribution in [0.3, 0.4) is 0 Å². The van der Waals surface area contributed by atoms with Crippen molar-refractivity contribution in [3.05, 3.63) is 53.1 Å². The Kier molecular flexibility index (Phi) is 11.7. The van der Waals surface area contributed by atoms with E-state index in [2.05, 4.69) is 5.32 Å². The molecule has 0 radical (unpaired) electrons. The minimum atomic E-state index is -3.64. The third kappa shape index (κ3) is 8.80. The highest BCUT2D eigenvalue weighted by Crippen LogP contribution is 2.30. The molecule has 2 aromatic rings. The fourth-order valence-corrected chi connectivity index (χ4v) is 5.00. The van der Waals surface area contributed by atoms with Crippen molar-refractivity contribution < 1.29 is 27.5 Å². The average Bonchev–Trinajstić information content (AvgIpc) is 2.88. The SMILES string of the molecule is CC[C@@H](C)NC(=O)[C@@H](C)N(Cc1ccc(OC)cc1)C(=O)CCCN(c1ccc(OC)c(Cl)c1)S(C)(=O)=O. The van der Waals surface area contributed by atoms with Crippen LogP contribution in [0.15, 0.2) is 42.5 Å². The number of benzene rings is 2. The first-order valence-electron chi connectivity index (χ1n) is 12.4. The molecule has 9 nitrogen and oxygen atoms in total. The van der Waals surface area contributed by atoms with Gasteiger partial charge in [0.1, 0.15) is 17.5 Å². The second-order valence-electron chi connectivity index (χ2n) is 9.12. The smallest absolute Gasteiger partial charge is 0.242 e. The number of hydrogen-bond acceptors (Lipinski definition) is 6. The maximum absolute atomic E-state index is 13.4. The van der Waals surface area contributed by atoms with Crippen LogP contribution in [0.25, 0.3) is 0 Å². The zero-order valence-electron chi connectivity index (χ0n) is 22.9. The number of nitrogens with zero attached hydrogens (tertiary/aromatic N) is 2. The van der Waals surface area contributed by atoms with Crippen LogP contribution in [-0.2, 0) is 26.2 Å². The van der Waals surface area contributed by atoms with E-state index in [-0.39, 0.29) is 48.8 Å². The lowest BCUT2D eigenvalue weighted by Gasteiger charge is -2.30. The molecule has 0 fully saturated rings. The molecule has 0 saturated carbocycles. The molecule has 0 spiro atoms. The summed E-state index contributed by atoms with van der Waals surface area (Å²) in [5.74, 6) is 0.618. The lowest BCUT2D eigenvalue weighted by Crippen LogP contribution is -2.49. The second kappa shape index (κ2) is 14.2. The number of amides is 2. The van der Waals surface area contributed by atoms with Gasteiger partial charge in [0.25, 0.3) is 0 Å². The summed E-state index contributed by atoms with van der Waals surface area (Å²) in [5, 5.41) is 3.22. The maximum atomic E-state index is 13.4. The number of ether oxygens (including phenoxy) is 2. The van der Waals surface area contributed by atoms with Crippen molar-refractivity contribution in [1.29, 1.82) is 0 Å². The van der Waals surface area contributed by atoms with Gasteiger partial charge < -0.3 is 19.7 Å². The Balaban J connectivity index is 2.20. The molecule has 0 aromatic heterocycles. The minimum Gasteiger partial charge on any atom is -0.497 e. The Morgan fingerprint density at radius 2 is 1.71 bits per heavy atom. The Bertz CT molecular complexity index is 1190. The van der Waals surface area contributed by atoms with Crippen molar-refractivity contribution in [3.8, 4) is 11.5 Å². The van der Waals surface area contributed by atoms with Gasteiger partial charge in [-0.3, -0.25) is 13.9 Å². The number of methoxy groups -OCH3 is 2. The standard InChI is InChI=1S/C27H38ClN3O6S/c1-7-19(2)29-27(33)20(3)30(18-21-10-13-23(36-4)14-11-21)26(32)9-8-16-31(38(6,34)35)22-12-15-25(37-5)24(28)17-22/h10-15,17,19-20H,7-9,16,18H2,1-6H3,(H,29,33)/t19-,20-/m1/s1. The molecule has 11 heteroatoms. The lowest BCUT2D eigenvalue weighted by molar-refractivity contribution is -0.140. The quantitative estimate of drug-likeness (QED) is 0.366. The van der Waals surface area contributed by atoms with Gasteiger partial charge in [-0.05, 0) is 62.6 Å². The van der Waals surface area contributed by atoms with Crippen LogP contribution in [-0.4, -0.2) is 64.2 Å². The highest BCUT2D eigenvalue weighted by molar-refractivity contribution is 7.92. The number of sulfonamides is 1. The number of halogens is 1. The monoisotopic (exact) mass is 567 g/mol. The number of carbonyl (C=O) groups is 2. The van der Waals surface area contributed by atoms with Crippen LogP contribution in [0.1, 0.15) is 45.6 Å². The topological polar surface area (TPSA) is 105 Å². The van der Waals surface area contributed by atoms with E-state index in [1.807, 2.05) is 26.0 Å². The molecule has 0 unspecified atom stereocenters. The molecule has 2 aromatic carbocycles. The molecular formula is C27H38ClN3O6S. The number of nitrogens with one attached hydrogen (secondary N) is 1. The molecule has 2 rings (SSSR count). The largest absolute Gasteiger partial charge is 0.497 e. The Morgan fingerprint density at radius 1 is 1.05 bits per heavy atom. The van der Waals surface area contributed by atoms with Crippen LogP contribution in [0.2, 0.25) is 5.02 Å². The minimum absolute atomic E-state index is 0.0254.